The Labute approximate surface area is 96.1 Å². The highest BCUT2D eigenvalue weighted by molar-refractivity contribution is 7.92. The number of ketones is 1. The van der Waals surface area contributed by atoms with Crippen LogP contribution < -0.4 is 0 Å². The van der Waals surface area contributed by atoms with Gasteiger partial charge in [-0.25, -0.2) is 8.42 Å². The molecule has 0 N–H and O–H groups in total. The zero-order chi connectivity index (χ0) is 12.6. The fourth-order valence-corrected chi connectivity index (χ4v) is 2.57. The Morgan fingerprint density at radius 3 is 2.31 bits per heavy atom. The maximum absolute atomic E-state index is 11.4. The van der Waals surface area contributed by atoms with Gasteiger partial charge in [0.05, 0.1) is 12.4 Å². The minimum absolute atomic E-state index is 0.00192. The van der Waals surface area contributed by atoms with Crippen LogP contribution in [0.5, 0.6) is 0 Å². The first-order valence-corrected chi connectivity index (χ1v) is 7.11. The number of esters is 1. The number of hydrogen-bond acceptors (Lipinski definition) is 5. The summed E-state index contributed by atoms with van der Waals surface area (Å²) in [5, 5.41) is 0. The number of unbranched alkanes of at least 4 members (excludes halogenated alkanes) is 1. The van der Waals surface area contributed by atoms with Crippen molar-refractivity contribution in [3.63, 3.8) is 0 Å². The van der Waals surface area contributed by atoms with Crippen LogP contribution >= 0.6 is 0 Å². The van der Waals surface area contributed by atoms with Crippen molar-refractivity contribution in [1.29, 1.82) is 0 Å². The molecule has 0 aliphatic rings. The van der Waals surface area contributed by atoms with Gasteiger partial charge >= 0.3 is 5.97 Å². The van der Waals surface area contributed by atoms with Gasteiger partial charge in [-0.15, -0.1) is 0 Å². The van der Waals surface area contributed by atoms with Crippen molar-refractivity contribution in [3.8, 4) is 0 Å². The molecule has 0 bridgehead atoms. The van der Waals surface area contributed by atoms with Crippen molar-refractivity contribution in [3.05, 3.63) is 0 Å². The van der Waals surface area contributed by atoms with Gasteiger partial charge < -0.3 is 4.74 Å². The molecule has 0 fully saturated rings. The van der Waals surface area contributed by atoms with Crippen LogP contribution in [0.1, 0.15) is 33.1 Å². The first-order chi connectivity index (χ1) is 7.41. The quantitative estimate of drug-likeness (QED) is 0.468. The van der Waals surface area contributed by atoms with Gasteiger partial charge in [0.1, 0.15) is 12.2 Å². The maximum Gasteiger partial charge on any atom is 0.313 e. The van der Waals surface area contributed by atoms with E-state index in [2.05, 4.69) is 4.74 Å². The largest absolute Gasteiger partial charge is 0.466 e. The standard InChI is InChI=1S/C10H18O5S/c1-3-5-6-16(13,14)8-9(11)7-10(12)15-4-2/h3-8H2,1-2H3. The number of Topliss-reactive ketones (excluding diaryl/α,β-unsaturated/α-hetero) is 1. The molecule has 0 aromatic heterocycles. The zero-order valence-electron chi connectivity index (χ0n) is 9.69. The summed E-state index contributed by atoms with van der Waals surface area (Å²) in [4.78, 5) is 22.1. The second-order valence-electron chi connectivity index (χ2n) is 3.47. The Kier molecular flexibility index (Phi) is 6.96. The molecule has 5 nitrogen and oxygen atoms in total. The van der Waals surface area contributed by atoms with E-state index in [1.54, 1.807) is 6.92 Å². The van der Waals surface area contributed by atoms with Crippen LogP contribution in [0.4, 0.5) is 0 Å². The molecule has 0 heterocycles. The number of ether oxygens (including phenoxy) is 1. The summed E-state index contributed by atoms with van der Waals surface area (Å²) in [7, 11) is -3.36. The zero-order valence-corrected chi connectivity index (χ0v) is 10.5. The number of rotatable bonds is 8. The van der Waals surface area contributed by atoms with E-state index in [9.17, 15) is 18.0 Å². The predicted molar refractivity (Wildman–Crippen MR) is 59.8 cm³/mol. The van der Waals surface area contributed by atoms with Crippen LogP contribution in [-0.2, 0) is 24.2 Å². The van der Waals surface area contributed by atoms with Crippen LogP contribution in [0, 0.1) is 0 Å². The van der Waals surface area contributed by atoms with Crippen molar-refractivity contribution in [2.24, 2.45) is 0 Å². The molecule has 0 atom stereocenters. The highest BCUT2D eigenvalue weighted by Gasteiger charge is 2.18. The minimum Gasteiger partial charge on any atom is -0.466 e. The van der Waals surface area contributed by atoms with E-state index in [4.69, 9.17) is 0 Å². The third-order valence-electron chi connectivity index (χ3n) is 1.84. The van der Waals surface area contributed by atoms with E-state index in [1.165, 1.54) is 0 Å². The Morgan fingerprint density at radius 1 is 1.19 bits per heavy atom. The van der Waals surface area contributed by atoms with Gasteiger partial charge in [-0.1, -0.05) is 13.3 Å². The summed E-state index contributed by atoms with van der Waals surface area (Å²) >= 11 is 0. The fraction of sp³-hybridized carbons (Fsp3) is 0.800. The SMILES string of the molecule is CCCCS(=O)(=O)CC(=O)CC(=O)OCC. The van der Waals surface area contributed by atoms with E-state index in [0.717, 1.165) is 6.42 Å². The van der Waals surface area contributed by atoms with Crippen molar-refractivity contribution in [2.45, 2.75) is 33.1 Å². The summed E-state index contributed by atoms with van der Waals surface area (Å²) in [6.45, 7) is 3.69. The summed E-state index contributed by atoms with van der Waals surface area (Å²) in [6.07, 6.45) is 0.833. The molecule has 0 aromatic rings. The lowest BCUT2D eigenvalue weighted by atomic mass is 10.3. The number of hydrogen-bond donors (Lipinski definition) is 0. The molecule has 16 heavy (non-hydrogen) atoms. The lowest BCUT2D eigenvalue weighted by molar-refractivity contribution is -0.145. The second-order valence-corrected chi connectivity index (χ2v) is 5.65. The molecule has 0 spiro atoms. The lowest BCUT2D eigenvalue weighted by Crippen LogP contribution is -2.22. The Morgan fingerprint density at radius 2 is 1.81 bits per heavy atom. The highest BCUT2D eigenvalue weighted by Crippen LogP contribution is 2.00. The first-order valence-electron chi connectivity index (χ1n) is 5.29. The fourth-order valence-electron chi connectivity index (χ4n) is 1.11. The molecule has 0 saturated carbocycles. The van der Waals surface area contributed by atoms with Gasteiger partial charge in [-0.05, 0) is 13.3 Å². The van der Waals surface area contributed by atoms with Gasteiger partial charge in [0.15, 0.2) is 15.6 Å². The van der Waals surface area contributed by atoms with Gasteiger partial charge in [0, 0.05) is 0 Å². The topological polar surface area (TPSA) is 77.5 Å². The Hall–Kier alpha value is -0.910. The number of carbonyl (C=O) groups is 2. The Bertz CT molecular complexity index is 331. The normalized spacial score (nSPS) is 11.1. The smallest absolute Gasteiger partial charge is 0.313 e. The predicted octanol–water partition coefficient (Wildman–Crippen LogP) is 0.724. The molecule has 0 radical (unpaired) electrons. The van der Waals surface area contributed by atoms with E-state index < -0.39 is 33.8 Å². The molecule has 0 aliphatic heterocycles. The lowest BCUT2D eigenvalue weighted by Gasteiger charge is -2.03. The summed E-state index contributed by atoms with van der Waals surface area (Å²) in [5.74, 6) is -1.84. The van der Waals surface area contributed by atoms with E-state index in [1.807, 2.05) is 6.92 Å². The number of carbonyl (C=O) groups excluding carboxylic acids is 2. The highest BCUT2D eigenvalue weighted by atomic mass is 32.2. The average Bonchev–Trinajstić information content (AvgIpc) is 2.13. The van der Waals surface area contributed by atoms with Crippen molar-refractivity contribution >= 4 is 21.6 Å². The van der Waals surface area contributed by atoms with Gasteiger partial charge in [-0.3, -0.25) is 9.59 Å². The Balaban J connectivity index is 4.09. The molecule has 0 unspecified atom stereocenters. The molecule has 0 aliphatic carbocycles. The van der Waals surface area contributed by atoms with E-state index in [0.29, 0.717) is 6.42 Å². The van der Waals surface area contributed by atoms with Crippen LogP contribution in [-0.4, -0.2) is 38.3 Å². The molecule has 0 amide bonds. The van der Waals surface area contributed by atoms with Gasteiger partial charge in [0.25, 0.3) is 0 Å². The third-order valence-corrected chi connectivity index (χ3v) is 3.51. The molecular weight excluding hydrogens is 232 g/mol. The second kappa shape index (κ2) is 7.38. The third kappa shape index (κ3) is 7.39. The van der Waals surface area contributed by atoms with Crippen molar-refractivity contribution in [1.82, 2.24) is 0 Å². The van der Waals surface area contributed by atoms with Crippen LogP contribution in [0.3, 0.4) is 0 Å². The van der Waals surface area contributed by atoms with Crippen LogP contribution in [0.2, 0.25) is 0 Å². The molecule has 6 heteroatoms. The van der Waals surface area contributed by atoms with Crippen LogP contribution in [0.15, 0.2) is 0 Å². The molecule has 94 valence electrons. The van der Waals surface area contributed by atoms with Crippen molar-refractivity contribution < 1.29 is 22.7 Å². The first kappa shape index (κ1) is 15.1. The molecular formula is C10H18O5S. The minimum atomic E-state index is -3.36. The molecule has 0 aromatic carbocycles. The summed E-state index contributed by atoms with van der Waals surface area (Å²) in [6, 6.07) is 0. The maximum atomic E-state index is 11.4. The monoisotopic (exact) mass is 250 g/mol. The average molecular weight is 250 g/mol. The van der Waals surface area contributed by atoms with Gasteiger partial charge in [0.2, 0.25) is 0 Å². The summed E-state index contributed by atoms with van der Waals surface area (Å²) in [5.41, 5.74) is 0. The number of sulfone groups is 1. The summed E-state index contributed by atoms with van der Waals surface area (Å²) < 4.78 is 27.3. The van der Waals surface area contributed by atoms with Gasteiger partial charge in [-0.2, -0.15) is 0 Å². The van der Waals surface area contributed by atoms with E-state index >= 15 is 0 Å². The van der Waals surface area contributed by atoms with Crippen molar-refractivity contribution in [2.75, 3.05) is 18.1 Å². The molecule has 0 rings (SSSR count). The van der Waals surface area contributed by atoms with E-state index in [-0.39, 0.29) is 12.4 Å². The van der Waals surface area contributed by atoms with Crippen LogP contribution in [0.25, 0.3) is 0 Å². The molecule has 0 saturated heterocycles.